The van der Waals surface area contributed by atoms with E-state index in [1.165, 1.54) is 10.5 Å². The summed E-state index contributed by atoms with van der Waals surface area (Å²) < 4.78 is 6.12. The molecule has 0 saturated carbocycles. The Labute approximate surface area is 167 Å². The second kappa shape index (κ2) is 10.2. The van der Waals surface area contributed by atoms with Gasteiger partial charge in [0.15, 0.2) is 0 Å². The summed E-state index contributed by atoms with van der Waals surface area (Å²) in [6.07, 6.45) is 3.36. The van der Waals surface area contributed by atoms with Crippen LogP contribution in [0.25, 0.3) is 0 Å². The summed E-state index contributed by atoms with van der Waals surface area (Å²) in [6.45, 7) is 3.50. The van der Waals surface area contributed by atoms with E-state index >= 15 is 0 Å². The van der Waals surface area contributed by atoms with Gasteiger partial charge in [-0.1, -0.05) is 30.3 Å². The fraction of sp³-hybridized carbons (Fsp3) is 0.435. The summed E-state index contributed by atoms with van der Waals surface area (Å²) in [6, 6.07) is 17.9. The number of likely N-dealkylation sites (N-methyl/N-ethyl adjacent to an activating group) is 1. The molecule has 1 fully saturated rings. The predicted octanol–water partition coefficient (Wildman–Crippen LogP) is 2.84. The molecular weight excluding hydrogens is 352 g/mol. The number of amides is 1. The Morgan fingerprint density at radius 3 is 2.43 bits per heavy atom. The molecule has 2 aromatic carbocycles. The van der Waals surface area contributed by atoms with Gasteiger partial charge in [0.2, 0.25) is 0 Å². The number of aliphatic hydroxyl groups is 1. The Bertz CT molecular complexity index is 725. The zero-order valence-electron chi connectivity index (χ0n) is 16.6. The number of ether oxygens (including phenoxy) is 1. The van der Waals surface area contributed by atoms with Gasteiger partial charge in [-0.05, 0) is 49.1 Å². The van der Waals surface area contributed by atoms with Gasteiger partial charge in [-0.3, -0.25) is 4.79 Å². The Kier molecular flexibility index (Phi) is 7.46. The molecule has 2 aromatic rings. The lowest BCUT2D eigenvalue weighted by atomic mass is 10.1. The third kappa shape index (κ3) is 5.81. The number of carbonyl (C=O) groups excluding carboxylic acids is 1. The molecule has 0 aliphatic carbocycles. The van der Waals surface area contributed by atoms with Crippen molar-refractivity contribution in [2.45, 2.75) is 25.4 Å². The number of nitrogens with zero attached hydrogens (tertiary/aromatic N) is 2. The number of likely N-dealkylation sites (tertiary alicyclic amines) is 1. The van der Waals surface area contributed by atoms with E-state index in [1.54, 1.807) is 19.2 Å². The van der Waals surface area contributed by atoms with E-state index in [4.69, 9.17) is 9.84 Å². The Morgan fingerprint density at radius 1 is 1.11 bits per heavy atom. The van der Waals surface area contributed by atoms with Gasteiger partial charge >= 0.3 is 0 Å². The van der Waals surface area contributed by atoms with Gasteiger partial charge < -0.3 is 19.6 Å². The molecule has 5 heteroatoms. The van der Waals surface area contributed by atoms with Crippen LogP contribution in [0.3, 0.4) is 0 Å². The van der Waals surface area contributed by atoms with Crippen LogP contribution >= 0.6 is 0 Å². The summed E-state index contributed by atoms with van der Waals surface area (Å²) in [5.41, 5.74) is 2.00. The fourth-order valence-electron chi connectivity index (χ4n) is 3.52. The van der Waals surface area contributed by atoms with E-state index in [0.717, 1.165) is 44.6 Å². The van der Waals surface area contributed by atoms with Gasteiger partial charge in [-0.25, -0.2) is 0 Å². The molecule has 0 bridgehead atoms. The molecule has 1 amide bonds. The number of piperidine rings is 1. The zero-order chi connectivity index (χ0) is 19.8. The van der Waals surface area contributed by atoms with Crippen molar-refractivity contribution < 1.29 is 14.6 Å². The zero-order valence-corrected chi connectivity index (χ0v) is 16.6. The maximum absolute atomic E-state index is 12.2. The second-order valence-electron chi connectivity index (χ2n) is 7.37. The van der Waals surface area contributed by atoms with Crippen molar-refractivity contribution in [3.05, 3.63) is 65.7 Å². The average molecular weight is 383 g/mol. The Balaban J connectivity index is 1.42. The lowest BCUT2D eigenvalue weighted by molar-refractivity contribution is 0.0766. The molecule has 0 atom stereocenters. The van der Waals surface area contributed by atoms with Gasteiger partial charge in [0.25, 0.3) is 5.91 Å². The Morgan fingerprint density at radius 2 is 1.79 bits per heavy atom. The van der Waals surface area contributed by atoms with E-state index in [0.29, 0.717) is 12.1 Å². The van der Waals surface area contributed by atoms with E-state index in [2.05, 4.69) is 35.2 Å². The average Bonchev–Trinajstić information content (AvgIpc) is 2.74. The van der Waals surface area contributed by atoms with E-state index < -0.39 is 0 Å². The maximum Gasteiger partial charge on any atom is 0.253 e. The summed E-state index contributed by atoms with van der Waals surface area (Å²) in [5, 5.41) is 8.95. The van der Waals surface area contributed by atoms with Crippen LogP contribution in [0.1, 0.15) is 28.8 Å². The van der Waals surface area contributed by atoms with Crippen LogP contribution < -0.4 is 4.74 Å². The SMILES string of the molecule is CN(CCO)C(=O)c1ccc(OC2CCN(CCc3ccccc3)CC2)cc1. The molecule has 5 nitrogen and oxygen atoms in total. The van der Waals surface area contributed by atoms with Gasteiger partial charge in [0.05, 0.1) is 6.61 Å². The molecule has 3 rings (SSSR count). The number of rotatable bonds is 8. The molecule has 1 saturated heterocycles. The highest BCUT2D eigenvalue weighted by atomic mass is 16.5. The smallest absolute Gasteiger partial charge is 0.253 e. The normalized spacial score (nSPS) is 15.4. The summed E-state index contributed by atoms with van der Waals surface area (Å²) in [7, 11) is 1.69. The molecule has 28 heavy (non-hydrogen) atoms. The first-order chi connectivity index (χ1) is 13.7. The predicted molar refractivity (Wildman–Crippen MR) is 111 cm³/mol. The minimum Gasteiger partial charge on any atom is -0.490 e. The van der Waals surface area contributed by atoms with Crippen LogP contribution in [0.2, 0.25) is 0 Å². The van der Waals surface area contributed by atoms with Crippen LogP contribution in [-0.4, -0.2) is 66.8 Å². The van der Waals surface area contributed by atoms with Crippen molar-refractivity contribution in [2.24, 2.45) is 0 Å². The molecule has 1 aliphatic rings. The molecule has 0 spiro atoms. The van der Waals surface area contributed by atoms with Gasteiger partial charge in [0, 0.05) is 38.8 Å². The minimum atomic E-state index is -0.0904. The molecular formula is C23H30N2O3. The summed E-state index contributed by atoms with van der Waals surface area (Å²) in [4.78, 5) is 16.2. The third-order valence-electron chi connectivity index (χ3n) is 5.28. The van der Waals surface area contributed by atoms with Crippen molar-refractivity contribution in [1.29, 1.82) is 0 Å². The van der Waals surface area contributed by atoms with E-state index in [9.17, 15) is 4.79 Å². The van der Waals surface area contributed by atoms with E-state index in [-0.39, 0.29) is 18.6 Å². The number of hydrogen-bond acceptors (Lipinski definition) is 4. The topological polar surface area (TPSA) is 53.0 Å². The highest BCUT2D eigenvalue weighted by molar-refractivity contribution is 5.94. The van der Waals surface area contributed by atoms with E-state index in [1.807, 2.05) is 12.1 Å². The van der Waals surface area contributed by atoms with Gasteiger partial charge in [-0.15, -0.1) is 0 Å². The number of benzene rings is 2. The molecule has 1 N–H and O–H groups in total. The highest BCUT2D eigenvalue weighted by Gasteiger charge is 2.20. The second-order valence-corrected chi connectivity index (χ2v) is 7.37. The lowest BCUT2D eigenvalue weighted by Gasteiger charge is -2.32. The molecule has 1 heterocycles. The first-order valence-corrected chi connectivity index (χ1v) is 10.0. The van der Waals surface area contributed by atoms with Crippen LogP contribution in [-0.2, 0) is 6.42 Å². The maximum atomic E-state index is 12.2. The van der Waals surface area contributed by atoms with Crippen molar-refractivity contribution in [3.63, 3.8) is 0 Å². The number of aliphatic hydroxyl groups excluding tert-OH is 1. The van der Waals surface area contributed by atoms with Crippen molar-refractivity contribution >= 4 is 5.91 Å². The molecule has 1 aliphatic heterocycles. The van der Waals surface area contributed by atoms with Crippen LogP contribution in [0.4, 0.5) is 0 Å². The van der Waals surface area contributed by atoms with Crippen molar-refractivity contribution in [2.75, 3.05) is 39.8 Å². The first-order valence-electron chi connectivity index (χ1n) is 10.0. The number of hydrogen-bond donors (Lipinski definition) is 1. The molecule has 0 unspecified atom stereocenters. The van der Waals surface area contributed by atoms with Crippen LogP contribution in [0, 0.1) is 0 Å². The monoisotopic (exact) mass is 382 g/mol. The Hall–Kier alpha value is -2.37. The van der Waals surface area contributed by atoms with Gasteiger partial charge in [-0.2, -0.15) is 0 Å². The lowest BCUT2D eigenvalue weighted by Crippen LogP contribution is -2.39. The minimum absolute atomic E-state index is 0.0342. The fourth-order valence-corrected chi connectivity index (χ4v) is 3.52. The van der Waals surface area contributed by atoms with Gasteiger partial charge in [0.1, 0.15) is 11.9 Å². The number of carbonyl (C=O) groups is 1. The highest BCUT2D eigenvalue weighted by Crippen LogP contribution is 2.20. The summed E-state index contributed by atoms with van der Waals surface area (Å²) >= 11 is 0. The largest absolute Gasteiger partial charge is 0.490 e. The van der Waals surface area contributed by atoms with Crippen molar-refractivity contribution in [1.82, 2.24) is 9.80 Å². The third-order valence-corrected chi connectivity index (χ3v) is 5.28. The van der Waals surface area contributed by atoms with Crippen LogP contribution in [0.5, 0.6) is 5.75 Å². The van der Waals surface area contributed by atoms with Crippen molar-refractivity contribution in [3.8, 4) is 5.75 Å². The molecule has 0 aromatic heterocycles. The standard InChI is InChI=1S/C23H30N2O3/c1-24(17-18-26)23(27)20-7-9-21(10-8-20)28-22-12-15-25(16-13-22)14-11-19-5-3-2-4-6-19/h2-10,22,26H,11-18H2,1H3. The summed E-state index contributed by atoms with van der Waals surface area (Å²) in [5.74, 6) is 0.719. The molecule has 0 radical (unpaired) electrons. The first kappa shape index (κ1) is 20.4. The quantitative estimate of drug-likeness (QED) is 0.763. The molecule has 150 valence electrons. The van der Waals surface area contributed by atoms with Crippen LogP contribution in [0.15, 0.2) is 54.6 Å².